The number of nitrogens with zero attached hydrogens (tertiary/aromatic N) is 2. The first-order valence-corrected chi connectivity index (χ1v) is 11.8. The molecule has 2 fully saturated rings. The minimum atomic E-state index is -4.91. The monoisotopic (exact) mass is 472 g/mol. The number of aryl methyl sites for hydroxylation is 1. The lowest BCUT2D eigenvalue weighted by Gasteiger charge is -2.30. The summed E-state index contributed by atoms with van der Waals surface area (Å²) in [6, 6.07) is 3.07. The number of hydrogen-bond acceptors (Lipinski definition) is 5. The number of benzene rings is 1. The van der Waals surface area contributed by atoms with E-state index >= 15 is 0 Å². The largest absolute Gasteiger partial charge is 0.481 e. The first-order valence-electron chi connectivity index (χ1n) is 10.3. The highest BCUT2D eigenvalue weighted by Gasteiger charge is 2.48. The molecule has 2 aliphatic rings. The van der Waals surface area contributed by atoms with Crippen LogP contribution in [0.4, 0.5) is 13.2 Å². The molecule has 3 atom stereocenters. The summed E-state index contributed by atoms with van der Waals surface area (Å²) < 4.78 is 75.4. The Morgan fingerprint density at radius 3 is 2.47 bits per heavy atom. The summed E-state index contributed by atoms with van der Waals surface area (Å²) in [6.07, 6.45) is -0.866. The molecule has 0 spiro atoms. The molecule has 11 heteroatoms. The minimum absolute atomic E-state index is 0.118. The number of aliphatic carboxylic acids is 1. The molecule has 2 saturated carbocycles. The van der Waals surface area contributed by atoms with Crippen LogP contribution >= 0.6 is 0 Å². The maximum atomic E-state index is 13.9. The maximum Gasteiger partial charge on any atom is 0.417 e. The molecule has 4 rings (SSSR count). The van der Waals surface area contributed by atoms with Gasteiger partial charge in [0.05, 0.1) is 40.0 Å². The van der Waals surface area contributed by atoms with Crippen LogP contribution < -0.4 is 0 Å². The van der Waals surface area contributed by atoms with E-state index in [1.807, 2.05) is 0 Å². The molecule has 0 amide bonds. The summed E-state index contributed by atoms with van der Waals surface area (Å²) in [5.74, 6) is -2.27. The number of carbonyl (C=O) groups is 1. The molecule has 2 aromatic rings. The lowest BCUT2D eigenvalue weighted by Crippen LogP contribution is -2.33. The van der Waals surface area contributed by atoms with E-state index in [0.29, 0.717) is 5.56 Å². The molecule has 0 saturated heterocycles. The SMILES string of the molecule is Cn1cc(-c2ccc(S(=O)(=O)[C@@H]3C[C@H](OC4CCC4)[C@@H](C(=O)O)C3)c(C(F)(F)F)c2)cn1. The molecule has 2 aliphatic carbocycles. The van der Waals surface area contributed by atoms with Gasteiger partial charge in [0.1, 0.15) is 0 Å². The van der Waals surface area contributed by atoms with Crippen LogP contribution in [0.2, 0.25) is 0 Å². The van der Waals surface area contributed by atoms with Crippen LogP contribution in [0.1, 0.15) is 37.7 Å². The van der Waals surface area contributed by atoms with Crippen LogP contribution in [0.5, 0.6) is 0 Å². The van der Waals surface area contributed by atoms with Gasteiger partial charge in [-0.15, -0.1) is 0 Å². The average Bonchev–Trinajstić information content (AvgIpc) is 3.30. The Morgan fingerprint density at radius 1 is 1.22 bits per heavy atom. The average molecular weight is 472 g/mol. The third-order valence-corrected chi connectivity index (χ3v) is 8.50. The quantitative estimate of drug-likeness (QED) is 0.689. The molecule has 0 aliphatic heterocycles. The summed E-state index contributed by atoms with van der Waals surface area (Å²) >= 11 is 0. The predicted octanol–water partition coefficient (Wildman–Crippen LogP) is 3.68. The van der Waals surface area contributed by atoms with Gasteiger partial charge >= 0.3 is 12.1 Å². The van der Waals surface area contributed by atoms with Gasteiger partial charge in [-0.05, 0) is 49.8 Å². The zero-order valence-electron chi connectivity index (χ0n) is 17.2. The number of carboxylic acids is 1. The number of halogens is 3. The van der Waals surface area contributed by atoms with Gasteiger partial charge in [0.25, 0.3) is 0 Å². The number of sulfone groups is 1. The van der Waals surface area contributed by atoms with Crippen LogP contribution in [0.25, 0.3) is 11.1 Å². The van der Waals surface area contributed by atoms with Crippen molar-refractivity contribution in [2.24, 2.45) is 13.0 Å². The van der Waals surface area contributed by atoms with Crippen molar-refractivity contribution in [3.8, 4) is 11.1 Å². The molecule has 1 N–H and O–H groups in total. The summed E-state index contributed by atoms with van der Waals surface area (Å²) in [4.78, 5) is 10.8. The number of alkyl halides is 3. The Hall–Kier alpha value is -2.40. The molecule has 32 heavy (non-hydrogen) atoms. The zero-order chi connectivity index (χ0) is 23.3. The van der Waals surface area contributed by atoms with E-state index in [1.165, 1.54) is 23.1 Å². The molecular formula is C21H23F3N2O5S. The number of hydrogen-bond donors (Lipinski definition) is 1. The van der Waals surface area contributed by atoms with Gasteiger partial charge in [-0.1, -0.05) is 6.07 Å². The highest BCUT2D eigenvalue weighted by molar-refractivity contribution is 7.92. The Balaban J connectivity index is 1.69. The van der Waals surface area contributed by atoms with Crippen molar-refractivity contribution >= 4 is 15.8 Å². The molecule has 1 aromatic carbocycles. The third-order valence-electron chi connectivity index (χ3n) is 6.27. The van der Waals surface area contributed by atoms with E-state index in [1.54, 1.807) is 7.05 Å². The molecule has 7 nitrogen and oxygen atoms in total. The fourth-order valence-corrected chi connectivity index (χ4v) is 6.30. The van der Waals surface area contributed by atoms with Crippen molar-refractivity contribution in [3.63, 3.8) is 0 Å². The van der Waals surface area contributed by atoms with Crippen molar-refractivity contribution in [1.29, 1.82) is 0 Å². The molecule has 0 radical (unpaired) electrons. The molecule has 1 heterocycles. The van der Waals surface area contributed by atoms with Crippen LogP contribution in [0.3, 0.4) is 0 Å². The Bertz CT molecular complexity index is 1120. The van der Waals surface area contributed by atoms with Gasteiger partial charge in [0.15, 0.2) is 9.84 Å². The van der Waals surface area contributed by atoms with Gasteiger partial charge in [0, 0.05) is 18.8 Å². The van der Waals surface area contributed by atoms with Crippen LogP contribution in [0, 0.1) is 5.92 Å². The normalized spacial score (nSPS) is 24.4. The van der Waals surface area contributed by atoms with Crippen molar-refractivity contribution in [2.45, 2.75) is 60.6 Å². The Labute approximate surface area is 183 Å². The highest BCUT2D eigenvalue weighted by Crippen LogP contribution is 2.43. The highest BCUT2D eigenvalue weighted by atomic mass is 32.2. The van der Waals surface area contributed by atoms with Crippen molar-refractivity contribution in [1.82, 2.24) is 9.78 Å². The van der Waals surface area contributed by atoms with Gasteiger partial charge in [-0.3, -0.25) is 9.48 Å². The topological polar surface area (TPSA) is 98.5 Å². The lowest BCUT2D eigenvalue weighted by molar-refractivity contribution is -0.149. The van der Waals surface area contributed by atoms with E-state index in [0.717, 1.165) is 31.4 Å². The fraction of sp³-hybridized carbons (Fsp3) is 0.524. The van der Waals surface area contributed by atoms with Gasteiger partial charge in [-0.2, -0.15) is 18.3 Å². The van der Waals surface area contributed by atoms with Crippen molar-refractivity contribution in [3.05, 3.63) is 36.2 Å². The fourth-order valence-electron chi connectivity index (χ4n) is 4.30. The zero-order valence-corrected chi connectivity index (χ0v) is 18.1. The Kier molecular flexibility index (Phi) is 5.83. The second-order valence-corrected chi connectivity index (χ2v) is 10.6. The number of rotatable bonds is 6. The van der Waals surface area contributed by atoms with Gasteiger partial charge < -0.3 is 9.84 Å². The smallest absolute Gasteiger partial charge is 0.417 e. The second kappa shape index (κ2) is 8.18. The molecule has 1 aromatic heterocycles. The van der Waals surface area contributed by atoms with Crippen molar-refractivity contribution < 1.29 is 36.2 Å². The van der Waals surface area contributed by atoms with Gasteiger partial charge in [0.2, 0.25) is 0 Å². The number of carboxylic acid groups (broad SMARTS) is 1. The van der Waals surface area contributed by atoms with E-state index in [4.69, 9.17) is 4.74 Å². The summed E-state index contributed by atoms with van der Waals surface area (Å²) in [5, 5.41) is 12.2. The standard InChI is InChI=1S/C21H23F3N2O5S/c1-26-11-13(10-25-26)12-5-6-19(17(7-12)21(22,23)24)32(29,30)15-8-16(20(27)28)18(9-15)31-14-3-2-4-14/h5-7,10-11,14-16,18H,2-4,8-9H2,1H3,(H,27,28)/t15-,16-,18-/m0/s1. The lowest BCUT2D eigenvalue weighted by atomic mass is 9.95. The summed E-state index contributed by atoms with van der Waals surface area (Å²) in [7, 11) is -2.84. The maximum absolute atomic E-state index is 13.9. The minimum Gasteiger partial charge on any atom is -0.481 e. The Morgan fingerprint density at radius 2 is 1.94 bits per heavy atom. The molecular weight excluding hydrogens is 449 g/mol. The third kappa shape index (κ3) is 4.27. The second-order valence-electron chi connectivity index (χ2n) is 8.42. The molecule has 0 bridgehead atoms. The number of ether oxygens (including phenoxy) is 1. The van der Waals surface area contributed by atoms with E-state index in [2.05, 4.69) is 5.10 Å². The predicted molar refractivity (Wildman–Crippen MR) is 107 cm³/mol. The van der Waals surface area contributed by atoms with E-state index in [9.17, 15) is 31.5 Å². The molecule has 0 unspecified atom stereocenters. The van der Waals surface area contributed by atoms with Crippen LogP contribution in [-0.2, 0) is 32.6 Å². The van der Waals surface area contributed by atoms with E-state index < -0.39 is 49.7 Å². The molecule has 174 valence electrons. The van der Waals surface area contributed by atoms with Crippen LogP contribution in [0.15, 0.2) is 35.5 Å². The first kappa shape index (κ1) is 22.8. The summed E-state index contributed by atoms with van der Waals surface area (Å²) in [6.45, 7) is 0. The van der Waals surface area contributed by atoms with Crippen LogP contribution in [-0.4, -0.2) is 46.7 Å². The summed E-state index contributed by atoms with van der Waals surface area (Å²) in [5.41, 5.74) is -0.665. The van der Waals surface area contributed by atoms with E-state index in [-0.39, 0.29) is 24.5 Å². The number of aromatic nitrogens is 2. The van der Waals surface area contributed by atoms with Crippen molar-refractivity contribution in [2.75, 3.05) is 0 Å². The van der Waals surface area contributed by atoms with Gasteiger partial charge in [-0.25, -0.2) is 8.42 Å². The first-order chi connectivity index (χ1) is 15.0.